The lowest BCUT2D eigenvalue weighted by molar-refractivity contribution is 0.0871. The van der Waals surface area contributed by atoms with Gasteiger partial charge in [-0.2, -0.15) is 0 Å². The van der Waals surface area contributed by atoms with Crippen LogP contribution in [0.2, 0.25) is 0 Å². The van der Waals surface area contributed by atoms with E-state index in [0.29, 0.717) is 18.8 Å². The maximum Gasteiger partial charge on any atom is 0.253 e. The summed E-state index contributed by atoms with van der Waals surface area (Å²) >= 11 is 0. The number of amides is 1. The summed E-state index contributed by atoms with van der Waals surface area (Å²) in [6.07, 6.45) is 4.40. The molecule has 1 aromatic carbocycles. The van der Waals surface area contributed by atoms with Crippen molar-refractivity contribution in [1.82, 2.24) is 20.3 Å². The van der Waals surface area contributed by atoms with Gasteiger partial charge in [-0.05, 0) is 45.2 Å². The van der Waals surface area contributed by atoms with E-state index < -0.39 is 0 Å². The van der Waals surface area contributed by atoms with Gasteiger partial charge >= 0.3 is 0 Å². The smallest absolute Gasteiger partial charge is 0.253 e. The van der Waals surface area contributed by atoms with Crippen molar-refractivity contribution >= 4 is 22.8 Å². The number of fused-ring (bicyclic) bond motifs is 2. The molecule has 0 bridgehead atoms. The van der Waals surface area contributed by atoms with Crippen LogP contribution >= 0.6 is 0 Å². The molecule has 3 N–H and O–H groups in total. The van der Waals surface area contributed by atoms with Crippen molar-refractivity contribution in [3.8, 4) is 11.3 Å². The normalized spacial score (nSPS) is 18.8. The number of aromatic nitrogens is 3. The van der Waals surface area contributed by atoms with Gasteiger partial charge in [0.1, 0.15) is 11.3 Å². The highest BCUT2D eigenvalue weighted by molar-refractivity contribution is 6.01. The summed E-state index contributed by atoms with van der Waals surface area (Å²) in [6, 6.07) is 7.76. The molecule has 5 rings (SSSR count). The summed E-state index contributed by atoms with van der Waals surface area (Å²) in [7, 11) is 0. The molecule has 3 heterocycles. The molecule has 31 heavy (non-hydrogen) atoms. The highest BCUT2D eigenvalue weighted by Crippen LogP contribution is 2.39. The van der Waals surface area contributed by atoms with E-state index in [0.717, 1.165) is 65.2 Å². The van der Waals surface area contributed by atoms with Crippen LogP contribution in [-0.2, 0) is 4.74 Å². The van der Waals surface area contributed by atoms with Crippen LogP contribution in [0.25, 0.3) is 22.3 Å². The first-order valence-electron chi connectivity index (χ1n) is 11.1. The molecular formula is C24H29N5O2. The third-order valence-electron chi connectivity index (χ3n) is 6.25. The molecule has 1 aliphatic heterocycles. The van der Waals surface area contributed by atoms with E-state index in [9.17, 15) is 4.79 Å². The van der Waals surface area contributed by atoms with Gasteiger partial charge in [0.25, 0.3) is 5.91 Å². The third kappa shape index (κ3) is 3.78. The zero-order valence-electron chi connectivity index (χ0n) is 18.3. The number of carbonyl (C=O) groups is 1. The topological polar surface area (TPSA) is 91.9 Å². The summed E-state index contributed by atoms with van der Waals surface area (Å²) in [5.41, 5.74) is 6.09. The van der Waals surface area contributed by atoms with Crippen LogP contribution in [-0.4, -0.2) is 39.6 Å². The molecule has 1 unspecified atom stereocenters. The van der Waals surface area contributed by atoms with E-state index in [2.05, 4.69) is 29.5 Å². The van der Waals surface area contributed by atoms with Gasteiger partial charge in [-0.25, -0.2) is 9.97 Å². The third-order valence-corrected chi connectivity index (χ3v) is 6.25. The number of aromatic amines is 1. The number of nitrogens with one attached hydrogen (secondary N) is 3. The molecule has 3 aromatic rings. The molecule has 2 aromatic heterocycles. The molecule has 1 atom stereocenters. The second-order valence-corrected chi connectivity index (χ2v) is 8.98. The second-order valence-electron chi connectivity index (χ2n) is 8.98. The summed E-state index contributed by atoms with van der Waals surface area (Å²) in [4.78, 5) is 25.7. The Morgan fingerprint density at radius 2 is 2.10 bits per heavy atom. The molecule has 7 heteroatoms. The summed E-state index contributed by atoms with van der Waals surface area (Å²) < 4.78 is 5.76. The minimum Gasteiger partial charge on any atom is -0.379 e. The molecule has 0 saturated heterocycles. The van der Waals surface area contributed by atoms with E-state index in [-0.39, 0.29) is 17.5 Å². The van der Waals surface area contributed by atoms with Crippen LogP contribution in [0.5, 0.6) is 0 Å². The number of hydrogen-bond acceptors (Lipinski definition) is 5. The second kappa shape index (κ2) is 7.64. The number of rotatable bonds is 8. The Morgan fingerprint density at radius 3 is 2.87 bits per heavy atom. The number of para-hydroxylation sites is 1. The fourth-order valence-electron chi connectivity index (χ4n) is 4.06. The van der Waals surface area contributed by atoms with Gasteiger partial charge in [0, 0.05) is 23.4 Å². The predicted molar refractivity (Wildman–Crippen MR) is 121 cm³/mol. The Labute approximate surface area is 182 Å². The van der Waals surface area contributed by atoms with Crippen molar-refractivity contribution in [2.45, 2.75) is 58.0 Å². The van der Waals surface area contributed by atoms with Gasteiger partial charge in [0.2, 0.25) is 0 Å². The number of H-pyrrole nitrogens is 1. The molecule has 2 aliphatic rings. The minimum atomic E-state index is -0.150. The number of hydrogen-bond donors (Lipinski definition) is 3. The maximum atomic E-state index is 12.5. The van der Waals surface area contributed by atoms with E-state index in [1.165, 1.54) is 0 Å². The van der Waals surface area contributed by atoms with Crippen molar-refractivity contribution in [2.24, 2.45) is 0 Å². The quantitative estimate of drug-likeness (QED) is 0.468. The largest absolute Gasteiger partial charge is 0.379 e. The van der Waals surface area contributed by atoms with Crippen LogP contribution < -0.4 is 10.6 Å². The van der Waals surface area contributed by atoms with Crippen molar-refractivity contribution in [3.05, 3.63) is 41.2 Å². The van der Waals surface area contributed by atoms with Crippen molar-refractivity contribution < 1.29 is 9.53 Å². The highest BCUT2D eigenvalue weighted by atomic mass is 16.5. The van der Waals surface area contributed by atoms with Crippen molar-refractivity contribution in [1.29, 1.82) is 0 Å². The number of ether oxygens (including phenoxy) is 1. The maximum absolute atomic E-state index is 12.5. The molecule has 1 saturated carbocycles. The first-order valence-corrected chi connectivity index (χ1v) is 11.1. The Morgan fingerprint density at radius 1 is 1.26 bits per heavy atom. The van der Waals surface area contributed by atoms with Gasteiger partial charge in [0.15, 0.2) is 0 Å². The zero-order chi connectivity index (χ0) is 21.6. The Hall–Kier alpha value is -2.93. The van der Waals surface area contributed by atoms with Gasteiger partial charge < -0.3 is 20.4 Å². The lowest BCUT2D eigenvalue weighted by atomic mass is 10.1. The van der Waals surface area contributed by atoms with E-state index >= 15 is 0 Å². The first-order chi connectivity index (χ1) is 15.0. The molecule has 1 aliphatic carbocycles. The van der Waals surface area contributed by atoms with Crippen LogP contribution in [0.3, 0.4) is 0 Å². The lowest BCUT2D eigenvalue weighted by Crippen LogP contribution is -2.24. The lowest BCUT2D eigenvalue weighted by Gasteiger charge is -2.15. The highest BCUT2D eigenvalue weighted by Gasteiger charge is 2.38. The van der Waals surface area contributed by atoms with Crippen molar-refractivity contribution in [2.75, 3.05) is 18.5 Å². The van der Waals surface area contributed by atoms with Gasteiger partial charge in [0.05, 0.1) is 35.1 Å². The monoisotopic (exact) mass is 419 g/mol. The number of aryl methyl sites for hydroxylation is 1. The average Bonchev–Trinajstić information content (AvgIpc) is 3.19. The summed E-state index contributed by atoms with van der Waals surface area (Å²) in [5, 5.41) is 6.56. The number of carbonyl (C=O) groups excluding carboxylic acids is 1. The molecular weight excluding hydrogens is 390 g/mol. The Bertz CT molecular complexity index is 1150. The van der Waals surface area contributed by atoms with Gasteiger partial charge in [-0.3, -0.25) is 4.79 Å². The van der Waals surface area contributed by atoms with Crippen LogP contribution in [0.4, 0.5) is 5.82 Å². The number of anilines is 1. The fourth-order valence-corrected chi connectivity index (χ4v) is 4.06. The fraction of sp³-hybridized carbons (Fsp3) is 0.458. The Balaban J connectivity index is 1.49. The van der Waals surface area contributed by atoms with E-state index in [4.69, 9.17) is 14.7 Å². The van der Waals surface area contributed by atoms with E-state index in [1.54, 1.807) is 0 Å². The molecule has 0 spiro atoms. The average molecular weight is 420 g/mol. The standard InChI is InChI=1S/C24H29N5O2/c1-4-5-11-31-13-19-21-16(23(30)27-19)12-18(26-21)15-7-6-8-17-20(15)28-22(14(2)25-17)29-24(3)9-10-24/h6-8,12,19,26H,4-5,9-11,13H2,1-3H3,(H,27,30)(H,28,29). The molecule has 0 radical (unpaired) electrons. The van der Waals surface area contributed by atoms with E-state index in [1.807, 2.05) is 31.2 Å². The van der Waals surface area contributed by atoms with Crippen LogP contribution in [0, 0.1) is 6.92 Å². The predicted octanol–water partition coefficient (Wildman–Crippen LogP) is 4.50. The summed E-state index contributed by atoms with van der Waals surface area (Å²) in [5.74, 6) is 0.770. The van der Waals surface area contributed by atoms with Crippen LogP contribution in [0.15, 0.2) is 24.3 Å². The molecule has 162 valence electrons. The Kier molecular flexibility index (Phi) is 4.93. The van der Waals surface area contributed by atoms with Gasteiger partial charge in [-0.1, -0.05) is 25.5 Å². The number of nitrogens with zero attached hydrogens (tertiary/aromatic N) is 2. The first kappa shape index (κ1) is 20.0. The van der Waals surface area contributed by atoms with Gasteiger partial charge in [-0.15, -0.1) is 0 Å². The SMILES string of the molecule is CCCCOCC1NC(=O)c2cc(-c3cccc4nc(C)c(NC5(C)CC5)nc34)[nH]c21. The van der Waals surface area contributed by atoms with Crippen molar-refractivity contribution in [3.63, 3.8) is 0 Å². The van der Waals surface area contributed by atoms with Crippen LogP contribution in [0.1, 0.15) is 67.3 Å². The minimum absolute atomic E-state index is 0.0622. The molecule has 7 nitrogen and oxygen atoms in total. The molecule has 1 amide bonds. The summed E-state index contributed by atoms with van der Waals surface area (Å²) in [6.45, 7) is 7.51. The number of unbranched alkanes of at least 4 members (excludes halogenated alkanes) is 1. The number of benzene rings is 1. The molecule has 1 fully saturated rings. The zero-order valence-corrected chi connectivity index (χ0v) is 18.3.